The number of hydrogen-bond donors (Lipinski definition) is 0. The van der Waals surface area contributed by atoms with Crippen molar-refractivity contribution < 1.29 is 14.3 Å². The van der Waals surface area contributed by atoms with Gasteiger partial charge in [-0.2, -0.15) is 4.99 Å². The van der Waals surface area contributed by atoms with Crippen molar-refractivity contribution in [3.63, 3.8) is 0 Å². The highest BCUT2D eigenvalue weighted by Crippen LogP contribution is 2.34. The molecule has 2 aromatic rings. The number of aliphatic imine (C=N–C) groups is 1. The van der Waals surface area contributed by atoms with Gasteiger partial charge in [-0.1, -0.05) is 48.5 Å². The van der Waals surface area contributed by atoms with Crippen LogP contribution in [0.4, 0.5) is 10.5 Å². The van der Waals surface area contributed by atoms with E-state index in [0.717, 1.165) is 18.5 Å². The van der Waals surface area contributed by atoms with E-state index in [-0.39, 0.29) is 18.2 Å². The molecule has 31 heavy (non-hydrogen) atoms. The zero-order valence-corrected chi connectivity index (χ0v) is 18.5. The van der Waals surface area contributed by atoms with Crippen molar-refractivity contribution in [1.82, 2.24) is 9.80 Å². The third kappa shape index (κ3) is 5.19. The van der Waals surface area contributed by atoms with Gasteiger partial charge < -0.3 is 19.3 Å². The Kier molecular flexibility index (Phi) is 6.16. The molecule has 0 aromatic heterocycles. The van der Waals surface area contributed by atoms with E-state index in [9.17, 15) is 4.79 Å². The molecule has 164 valence electrons. The van der Waals surface area contributed by atoms with Gasteiger partial charge in [-0.25, -0.2) is 4.79 Å². The van der Waals surface area contributed by atoms with E-state index in [0.29, 0.717) is 25.7 Å². The summed E-state index contributed by atoms with van der Waals surface area (Å²) in [4.78, 5) is 21.4. The summed E-state index contributed by atoms with van der Waals surface area (Å²) in [6.45, 7) is 7.59. The van der Waals surface area contributed by atoms with Crippen LogP contribution in [0.1, 0.15) is 45.2 Å². The Balaban J connectivity index is 1.53. The molecule has 1 atom stereocenters. The van der Waals surface area contributed by atoms with Crippen LogP contribution in [0.5, 0.6) is 0 Å². The molecule has 0 saturated carbocycles. The number of carbonyl (C=O) groups excluding carboxylic acids is 1. The maximum absolute atomic E-state index is 12.5. The van der Waals surface area contributed by atoms with E-state index >= 15 is 0 Å². The van der Waals surface area contributed by atoms with Gasteiger partial charge in [0.25, 0.3) is 6.02 Å². The fourth-order valence-electron chi connectivity index (χ4n) is 4.14. The SMILES string of the molecule is CC(C)(C)OC(=O)N1CCC(N2C(=Nc3ccccc3)OC[C@H]2c2ccccc2)CC1. The van der Waals surface area contributed by atoms with Crippen LogP contribution in [0.25, 0.3) is 0 Å². The van der Waals surface area contributed by atoms with Crippen molar-refractivity contribution in [1.29, 1.82) is 0 Å². The lowest BCUT2D eigenvalue weighted by molar-refractivity contribution is 0.0166. The van der Waals surface area contributed by atoms with E-state index < -0.39 is 5.60 Å². The Morgan fingerprint density at radius 1 is 1.00 bits per heavy atom. The number of ether oxygens (including phenoxy) is 2. The second kappa shape index (κ2) is 9.00. The minimum Gasteiger partial charge on any atom is -0.462 e. The second-order valence-electron chi connectivity index (χ2n) is 9.07. The van der Waals surface area contributed by atoms with Gasteiger partial charge >= 0.3 is 6.09 Å². The molecule has 2 saturated heterocycles. The molecular weight excluding hydrogens is 390 g/mol. The van der Waals surface area contributed by atoms with E-state index in [1.807, 2.05) is 62.1 Å². The largest absolute Gasteiger partial charge is 0.462 e. The number of rotatable bonds is 3. The molecule has 0 unspecified atom stereocenters. The molecule has 1 amide bonds. The molecule has 0 N–H and O–H groups in total. The second-order valence-corrected chi connectivity index (χ2v) is 9.07. The molecule has 2 aliphatic rings. The zero-order chi connectivity index (χ0) is 21.8. The number of piperidine rings is 1. The number of hydrogen-bond acceptors (Lipinski definition) is 4. The van der Waals surface area contributed by atoms with Crippen molar-refractivity contribution in [3.05, 3.63) is 66.2 Å². The van der Waals surface area contributed by atoms with Crippen LogP contribution in [0, 0.1) is 0 Å². The summed E-state index contributed by atoms with van der Waals surface area (Å²) in [5.41, 5.74) is 1.61. The highest BCUT2D eigenvalue weighted by molar-refractivity contribution is 5.80. The topological polar surface area (TPSA) is 54.4 Å². The average molecular weight is 422 g/mol. The molecule has 2 fully saturated rings. The van der Waals surface area contributed by atoms with Crippen LogP contribution in [0.3, 0.4) is 0 Å². The molecule has 0 spiro atoms. The molecule has 4 rings (SSSR count). The summed E-state index contributed by atoms with van der Waals surface area (Å²) in [6.07, 6.45) is 1.46. The smallest absolute Gasteiger partial charge is 0.410 e. The van der Waals surface area contributed by atoms with Crippen LogP contribution in [-0.4, -0.2) is 53.3 Å². The Morgan fingerprint density at radius 2 is 1.61 bits per heavy atom. The molecule has 0 bridgehead atoms. The van der Waals surface area contributed by atoms with Gasteiger partial charge in [0.1, 0.15) is 12.2 Å². The van der Waals surface area contributed by atoms with Crippen molar-refractivity contribution in [3.8, 4) is 0 Å². The van der Waals surface area contributed by atoms with Gasteiger partial charge in [-0.05, 0) is 51.3 Å². The quantitative estimate of drug-likeness (QED) is 0.688. The van der Waals surface area contributed by atoms with Crippen LogP contribution < -0.4 is 0 Å². The number of likely N-dealkylation sites (tertiary alicyclic amines) is 1. The minimum atomic E-state index is -0.482. The fraction of sp³-hybridized carbons (Fsp3) is 0.440. The normalized spacial score (nSPS) is 21.3. The first-order chi connectivity index (χ1) is 14.9. The predicted octanol–water partition coefficient (Wildman–Crippen LogP) is 5.15. The Labute approximate surface area is 184 Å². The van der Waals surface area contributed by atoms with Crippen molar-refractivity contribution in [2.45, 2.75) is 51.3 Å². The summed E-state index contributed by atoms with van der Waals surface area (Å²) in [6, 6.07) is 21.4. The highest BCUT2D eigenvalue weighted by atomic mass is 16.6. The highest BCUT2D eigenvalue weighted by Gasteiger charge is 2.40. The number of amidine groups is 1. The molecular formula is C25H31N3O3. The maximum Gasteiger partial charge on any atom is 0.410 e. The van der Waals surface area contributed by atoms with Gasteiger partial charge in [-0.3, -0.25) is 0 Å². The summed E-state index contributed by atoms with van der Waals surface area (Å²) in [5.74, 6) is 0. The molecule has 6 nitrogen and oxygen atoms in total. The lowest BCUT2D eigenvalue weighted by Crippen LogP contribution is -2.49. The lowest BCUT2D eigenvalue weighted by atomic mass is 9.99. The van der Waals surface area contributed by atoms with Gasteiger partial charge in [0.15, 0.2) is 0 Å². The van der Waals surface area contributed by atoms with E-state index in [4.69, 9.17) is 14.5 Å². The van der Waals surface area contributed by atoms with E-state index in [1.165, 1.54) is 5.56 Å². The van der Waals surface area contributed by atoms with Gasteiger partial charge in [0.2, 0.25) is 0 Å². The fourth-order valence-corrected chi connectivity index (χ4v) is 4.14. The number of amides is 1. The zero-order valence-electron chi connectivity index (χ0n) is 18.5. The van der Waals surface area contributed by atoms with Crippen LogP contribution in [0.15, 0.2) is 65.7 Å². The molecule has 6 heteroatoms. The van der Waals surface area contributed by atoms with Gasteiger partial charge in [0, 0.05) is 19.1 Å². The molecule has 2 aromatic carbocycles. The molecule has 0 radical (unpaired) electrons. The summed E-state index contributed by atoms with van der Waals surface area (Å²) in [7, 11) is 0. The first-order valence-corrected chi connectivity index (χ1v) is 11.0. The number of para-hydroxylation sites is 1. The summed E-state index contributed by atoms with van der Waals surface area (Å²) < 4.78 is 11.7. The molecule has 2 heterocycles. The predicted molar refractivity (Wildman–Crippen MR) is 121 cm³/mol. The average Bonchev–Trinajstić information content (AvgIpc) is 3.17. The monoisotopic (exact) mass is 421 g/mol. The number of benzene rings is 2. The van der Waals surface area contributed by atoms with E-state index in [1.54, 1.807) is 0 Å². The minimum absolute atomic E-state index is 0.113. The van der Waals surface area contributed by atoms with Crippen molar-refractivity contribution in [2.75, 3.05) is 19.7 Å². The summed E-state index contributed by atoms with van der Waals surface area (Å²) in [5, 5.41) is 0. The van der Waals surface area contributed by atoms with Crippen molar-refractivity contribution in [2.24, 2.45) is 4.99 Å². The summed E-state index contributed by atoms with van der Waals surface area (Å²) >= 11 is 0. The Morgan fingerprint density at radius 3 is 2.23 bits per heavy atom. The first kappa shape index (κ1) is 21.2. The van der Waals surface area contributed by atoms with Crippen LogP contribution >= 0.6 is 0 Å². The molecule has 0 aliphatic carbocycles. The number of nitrogens with zero attached hydrogens (tertiary/aromatic N) is 3. The Bertz CT molecular complexity index is 901. The third-order valence-electron chi connectivity index (χ3n) is 5.60. The number of carbonyl (C=O) groups is 1. The van der Waals surface area contributed by atoms with E-state index in [2.05, 4.69) is 29.2 Å². The third-order valence-corrected chi connectivity index (χ3v) is 5.60. The van der Waals surface area contributed by atoms with Gasteiger partial charge in [-0.15, -0.1) is 0 Å². The first-order valence-electron chi connectivity index (χ1n) is 11.0. The lowest BCUT2D eigenvalue weighted by Gasteiger charge is -2.39. The standard InChI is InChI=1S/C25H31N3O3/c1-25(2,3)31-24(29)27-16-14-21(15-17-27)28-22(19-10-6-4-7-11-19)18-30-23(28)26-20-12-8-5-9-13-20/h4-13,21-22H,14-18H2,1-3H3/t22-/m0/s1. The van der Waals surface area contributed by atoms with Gasteiger partial charge in [0.05, 0.1) is 11.7 Å². The van der Waals surface area contributed by atoms with Crippen LogP contribution in [0.2, 0.25) is 0 Å². The Hall–Kier alpha value is -3.02. The van der Waals surface area contributed by atoms with Crippen molar-refractivity contribution >= 4 is 17.8 Å². The maximum atomic E-state index is 12.5. The molecule has 2 aliphatic heterocycles. The van der Waals surface area contributed by atoms with Crippen LogP contribution in [-0.2, 0) is 9.47 Å².